The Hall–Kier alpha value is -1.27. The minimum Gasteiger partial charge on any atom is -0.486 e. The van der Waals surface area contributed by atoms with E-state index in [-0.39, 0.29) is 11.9 Å². The monoisotopic (exact) mass is 312 g/mol. The Bertz CT molecular complexity index is 495. The molecule has 21 heavy (non-hydrogen) atoms. The number of ether oxygens (including phenoxy) is 2. The second-order valence-electron chi connectivity index (χ2n) is 5.67. The number of ketones is 1. The molecule has 5 nitrogen and oxygen atoms in total. The van der Waals surface area contributed by atoms with Gasteiger partial charge in [-0.2, -0.15) is 0 Å². The molecule has 1 aliphatic carbocycles. The van der Waals surface area contributed by atoms with Crippen molar-refractivity contribution in [2.45, 2.75) is 39.7 Å². The van der Waals surface area contributed by atoms with E-state index in [2.05, 4.69) is 5.32 Å². The lowest BCUT2D eigenvalue weighted by atomic mass is 10.3. The van der Waals surface area contributed by atoms with Crippen molar-refractivity contribution in [1.29, 1.82) is 0 Å². The summed E-state index contributed by atoms with van der Waals surface area (Å²) in [5, 5.41) is 4.07. The number of nitrogen functional groups attached to an aromatic ring is 1. The highest BCUT2D eigenvalue weighted by atomic mass is 32.1. The number of thiophene rings is 1. The van der Waals surface area contributed by atoms with Crippen LogP contribution in [0.1, 0.15) is 43.3 Å². The average Bonchev–Trinajstić information content (AvgIpc) is 3.17. The lowest BCUT2D eigenvalue weighted by Crippen LogP contribution is -2.12. The molecule has 0 amide bonds. The number of nitrogens with one attached hydrogen (secondary N) is 1. The van der Waals surface area contributed by atoms with Gasteiger partial charge in [0.15, 0.2) is 11.5 Å². The zero-order valence-corrected chi connectivity index (χ0v) is 13.7. The second-order valence-corrected chi connectivity index (χ2v) is 6.69. The molecule has 1 aromatic heterocycles. The van der Waals surface area contributed by atoms with Crippen molar-refractivity contribution in [3.05, 3.63) is 4.88 Å². The summed E-state index contributed by atoms with van der Waals surface area (Å²) in [4.78, 5) is 12.1. The third kappa shape index (κ3) is 4.61. The fourth-order valence-electron chi connectivity index (χ4n) is 1.93. The van der Waals surface area contributed by atoms with Crippen LogP contribution in [0.3, 0.4) is 0 Å². The highest BCUT2D eigenvalue weighted by molar-refractivity contribution is 7.19. The first-order valence-corrected chi connectivity index (χ1v) is 8.22. The number of carbonyl (C=O) groups excluding carboxylic acids is 1. The van der Waals surface area contributed by atoms with Crippen LogP contribution in [0, 0.1) is 5.92 Å². The summed E-state index contributed by atoms with van der Waals surface area (Å²) < 4.78 is 11.3. The number of hydrogen-bond donors (Lipinski definition) is 2. The number of nitrogens with two attached hydrogens (primary N) is 1. The number of anilines is 2. The van der Waals surface area contributed by atoms with Crippen LogP contribution in [0.5, 0.6) is 5.75 Å². The summed E-state index contributed by atoms with van der Waals surface area (Å²) in [6.45, 7) is 7.57. The molecule has 2 rings (SSSR count). The lowest BCUT2D eigenvalue weighted by molar-refractivity contribution is 0.102. The standard InChI is InChI=1S/C15H24N2O3S/c1-9(2)20-13-12(16)14(10(3)18)21-15(13)17-6-7-19-8-11-4-5-11/h9,11,17H,4-8,16H2,1-3H3. The second kappa shape index (κ2) is 7.13. The molecule has 0 bridgehead atoms. The van der Waals surface area contributed by atoms with Crippen LogP contribution >= 0.6 is 11.3 Å². The Morgan fingerprint density at radius 2 is 2.19 bits per heavy atom. The number of Topliss-reactive ketones (excluding diaryl/α,β-unsaturated/α-hetero) is 1. The molecule has 118 valence electrons. The zero-order valence-electron chi connectivity index (χ0n) is 12.9. The maximum absolute atomic E-state index is 11.6. The van der Waals surface area contributed by atoms with E-state index >= 15 is 0 Å². The fraction of sp³-hybridized carbons (Fsp3) is 0.667. The first kappa shape index (κ1) is 16.1. The Morgan fingerprint density at radius 1 is 1.48 bits per heavy atom. The highest BCUT2D eigenvalue weighted by Crippen LogP contribution is 2.43. The quantitative estimate of drug-likeness (QED) is 0.541. The smallest absolute Gasteiger partial charge is 0.177 e. The maximum atomic E-state index is 11.6. The van der Waals surface area contributed by atoms with Crippen molar-refractivity contribution in [3.8, 4) is 5.75 Å². The van der Waals surface area contributed by atoms with E-state index in [4.69, 9.17) is 15.2 Å². The first-order chi connectivity index (χ1) is 9.99. The van der Waals surface area contributed by atoms with Gasteiger partial charge in [0.05, 0.1) is 23.3 Å². The van der Waals surface area contributed by atoms with E-state index in [1.807, 2.05) is 13.8 Å². The topological polar surface area (TPSA) is 73.6 Å². The largest absolute Gasteiger partial charge is 0.486 e. The van der Waals surface area contributed by atoms with Crippen LogP contribution in [0.4, 0.5) is 10.7 Å². The predicted molar refractivity (Wildman–Crippen MR) is 86.5 cm³/mol. The van der Waals surface area contributed by atoms with Gasteiger partial charge in [0, 0.05) is 20.1 Å². The molecule has 0 radical (unpaired) electrons. The molecule has 1 heterocycles. The van der Waals surface area contributed by atoms with Gasteiger partial charge in [0.2, 0.25) is 0 Å². The minimum atomic E-state index is -0.0378. The predicted octanol–water partition coefficient (Wildman–Crippen LogP) is 3.16. The van der Waals surface area contributed by atoms with Gasteiger partial charge in [-0.05, 0) is 32.6 Å². The van der Waals surface area contributed by atoms with Gasteiger partial charge < -0.3 is 20.5 Å². The van der Waals surface area contributed by atoms with Crippen LogP contribution in [0.2, 0.25) is 0 Å². The highest BCUT2D eigenvalue weighted by Gasteiger charge is 2.22. The Morgan fingerprint density at radius 3 is 2.76 bits per heavy atom. The van der Waals surface area contributed by atoms with Crippen LogP contribution in [0.15, 0.2) is 0 Å². The van der Waals surface area contributed by atoms with E-state index in [0.717, 1.165) is 17.5 Å². The Balaban J connectivity index is 1.94. The summed E-state index contributed by atoms with van der Waals surface area (Å²) >= 11 is 1.35. The maximum Gasteiger partial charge on any atom is 0.177 e. The summed E-state index contributed by atoms with van der Waals surface area (Å²) in [6.07, 6.45) is 2.60. The molecule has 0 aromatic carbocycles. The number of carbonyl (C=O) groups is 1. The van der Waals surface area contributed by atoms with E-state index in [9.17, 15) is 4.79 Å². The van der Waals surface area contributed by atoms with Crippen molar-refractivity contribution in [1.82, 2.24) is 0 Å². The molecule has 0 spiro atoms. The molecule has 1 fully saturated rings. The summed E-state index contributed by atoms with van der Waals surface area (Å²) in [6, 6.07) is 0. The molecule has 0 atom stereocenters. The van der Waals surface area contributed by atoms with Gasteiger partial charge in [-0.1, -0.05) is 0 Å². The van der Waals surface area contributed by atoms with Crippen molar-refractivity contribution >= 4 is 27.8 Å². The summed E-state index contributed by atoms with van der Waals surface area (Å²) in [5.41, 5.74) is 6.46. The third-order valence-corrected chi connectivity index (χ3v) is 4.40. The lowest BCUT2D eigenvalue weighted by Gasteiger charge is -2.12. The van der Waals surface area contributed by atoms with Gasteiger partial charge in [0.1, 0.15) is 5.00 Å². The molecule has 1 aromatic rings. The number of hydrogen-bond acceptors (Lipinski definition) is 6. The normalized spacial score (nSPS) is 14.5. The zero-order chi connectivity index (χ0) is 15.4. The molecular formula is C15H24N2O3S. The van der Waals surface area contributed by atoms with E-state index in [0.29, 0.717) is 29.5 Å². The molecule has 0 aliphatic heterocycles. The van der Waals surface area contributed by atoms with Crippen molar-refractivity contribution in [2.75, 3.05) is 30.8 Å². The molecule has 3 N–H and O–H groups in total. The fourth-order valence-corrected chi connectivity index (χ4v) is 2.91. The summed E-state index contributed by atoms with van der Waals surface area (Å²) in [7, 11) is 0. The molecule has 0 saturated heterocycles. The van der Waals surface area contributed by atoms with Gasteiger partial charge in [-0.15, -0.1) is 11.3 Å². The van der Waals surface area contributed by atoms with Crippen LogP contribution < -0.4 is 15.8 Å². The van der Waals surface area contributed by atoms with Crippen molar-refractivity contribution in [3.63, 3.8) is 0 Å². The van der Waals surface area contributed by atoms with Gasteiger partial charge in [-0.3, -0.25) is 4.79 Å². The van der Waals surface area contributed by atoms with Gasteiger partial charge in [-0.25, -0.2) is 0 Å². The SMILES string of the molecule is CC(=O)c1sc(NCCOCC2CC2)c(OC(C)C)c1N. The van der Waals surface area contributed by atoms with E-state index in [1.54, 1.807) is 0 Å². The Labute approximate surface area is 129 Å². The number of rotatable bonds is 9. The molecule has 1 saturated carbocycles. The third-order valence-electron chi connectivity index (χ3n) is 3.16. The van der Waals surface area contributed by atoms with Gasteiger partial charge >= 0.3 is 0 Å². The van der Waals surface area contributed by atoms with Crippen LogP contribution in [0.25, 0.3) is 0 Å². The minimum absolute atomic E-state index is 0.00775. The molecule has 1 aliphatic rings. The molecule has 6 heteroatoms. The molecule has 0 unspecified atom stereocenters. The van der Waals surface area contributed by atoms with Crippen LogP contribution in [-0.4, -0.2) is 31.6 Å². The van der Waals surface area contributed by atoms with Gasteiger partial charge in [0.25, 0.3) is 0 Å². The Kier molecular flexibility index (Phi) is 5.47. The van der Waals surface area contributed by atoms with E-state index < -0.39 is 0 Å². The van der Waals surface area contributed by atoms with Crippen molar-refractivity contribution < 1.29 is 14.3 Å². The van der Waals surface area contributed by atoms with Crippen LogP contribution in [-0.2, 0) is 4.74 Å². The molecular weight excluding hydrogens is 288 g/mol. The van der Waals surface area contributed by atoms with Crippen molar-refractivity contribution in [2.24, 2.45) is 5.92 Å². The van der Waals surface area contributed by atoms with E-state index in [1.165, 1.54) is 31.1 Å². The first-order valence-electron chi connectivity index (χ1n) is 7.40. The average molecular weight is 312 g/mol. The summed E-state index contributed by atoms with van der Waals surface area (Å²) in [5.74, 6) is 1.32.